The van der Waals surface area contributed by atoms with Gasteiger partial charge in [0.05, 0.1) is 11.6 Å². The molecule has 0 fully saturated rings. The number of furan rings is 1. The molecule has 0 saturated heterocycles. The van der Waals surface area contributed by atoms with E-state index >= 15 is 0 Å². The first-order valence-corrected chi connectivity index (χ1v) is 14.5. The molecule has 0 aliphatic carbocycles. The van der Waals surface area contributed by atoms with Crippen molar-refractivity contribution in [3.63, 3.8) is 0 Å². The molecule has 0 N–H and O–H groups in total. The first-order chi connectivity index (χ1) is 21.3. The fourth-order valence-corrected chi connectivity index (χ4v) is 6.99. The van der Waals surface area contributed by atoms with Gasteiger partial charge in [-0.05, 0) is 72.6 Å². The van der Waals surface area contributed by atoms with Crippen molar-refractivity contribution < 1.29 is 4.42 Å². The molecule has 8 aromatic carbocycles. The van der Waals surface area contributed by atoms with E-state index in [9.17, 15) is 5.26 Å². The van der Waals surface area contributed by atoms with E-state index in [1.165, 1.54) is 21.5 Å². The maximum absolute atomic E-state index is 9.75. The van der Waals surface area contributed by atoms with Gasteiger partial charge in [0.2, 0.25) is 0 Å². The highest BCUT2D eigenvalue weighted by Gasteiger charge is 2.20. The molecule has 0 saturated carbocycles. The fourth-order valence-electron chi connectivity index (χ4n) is 6.99. The van der Waals surface area contributed by atoms with Gasteiger partial charge in [0, 0.05) is 21.7 Å². The molecule has 1 aromatic heterocycles. The van der Waals surface area contributed by atoms with Crippen LogP contribution in [0.3, 0.4) is 0 Å². The van der Waals surface area contributed by atoms with Gasteiger partial charge in [0.15, 0.2) is 0 Å². The van der Waals surface area contributed by atoms with Crippen molar-refractivity contribution in [2.45, 2.75) is 0 Å². The molecule has 0 bridgehead atoms. The highest BCUT2D eigenvalue weighted by molar-refractivity contribution is 6.29. The van der Waals surface area contributed by atoms with Gasteiger partial charge in [0.25, 0.3) is 0 Å². The molecule has 198 valence electrons. The van der Waals surface area contributed by atoms with E-state index in [1.807, 2.05) is 24.3 Å². The van der Waals surface area contributed by atoms with Crippen LogP contribution >= 0.6 is 0 Å². The van der Waals surface area contributed by atoms with E-state index in [1.54, 1.807) is 0 Å². The summed E-state index contributed by atoms with van der Waals surface area (Å²) in [6.45, 7) is 0. The second kappa shape index (κ2) is 9.05. The Morgan fingerprint density at radius 3 is 1.60 bits per heavy atom. The molecule has 0 aliphatic heterocycles. The third-order valence-electron chi connectivity index (χ3n) is 8.90. The lowest BCUT2D eigenvalue weighted by molar-refractivity contribution is 0.670. The average molecular weight is 546 g/mol. The molecule has 9 rings (SSSR count). The fraction of sp³-hybridized carbons (Fsp3) is 0. The van der Waals surface area contributed by atoms with Crippen molar-refractivity contribution in [2.24, 2.45) is 0 Å². The van der Waals surface area contributed by atoms with Crippen LogP contribution in [0.1, 0.15) is 5.56 Å². The quantitative estimate of drug-likeness (QED) is 0.217. The van der Waals surface area contributed by atoms with Gasteiger partial charge in [0.1, 0.15) is 11.2 Å². The molecule has 0 radical (unpaired) electrons. The molecule has 0 aliphatic rings. The van der Waals surface area contributed by atoms with Crippen molar-refractivity contribution in [2.75, 3.05) is 0 Å². The van der Waals surface area contributed by atoms with E-state index in [-0.39, 0.29) is 0 Å². The predicted molar refractivity (Wildman–Crippen MR) is 179 cm³/mol. The van der Waals surface area contributed by atoms with E-state index in [2.05, 4.69) is 121 Å². The molecule has 0 spiro atoms. The van der Waals surface area contributed by atoms with Crippen molar-refractivity contribution in [1.82, 2.24) is 0 Å². The number of nitriles is 1. The number of nitrogens with zero attached hydrogens (tertiary/aromatic N) is 1. The van der Waals surface area contributed by atoms with E-state index in [4.69, 9.17) is 4.42 Å². The Kier molecular flexibility index (Phi) is 5.00. The average Bonchev–Trinajstić information content (AvgIpc) is 3.48. The molecule has 2 nitrogen and oxygen atoms in total. The van der Waals surface area contributed by atoms with Gasteiger partial charge in [-0.25, -0.2) is 0 Å². The lowest BCUT2D eigenvalue weighted by atomic mass is 9.88. The van der Waals surface area contributed by atoms with Gasteiger partial charge < -0.3 is 4.42 Å². The van der Waals surface area contributed by atoms with Crippen LogP contribution in [0.15, 0.2) is 144 Å². The van der Waals surface area contributed by atoms with E-state index in [0.717, 1.165) is 65.7 Å². The monoisotopic (exact) mass is 545 g/mol. The van der Waals surface area contributed by atoms with Gasteiger partial charge in [-0.3, -0.25) is 0 Å². The Labute approximate surface area is 247 Å². The van der Waals surface area contributed by atoms with Crippen LogP contribution in [-0.4, -0.2) is 0 Å². The normalized spacial score (nSPS) is 11.7. The summed E-state index contributed by atoms with van der Waals surface area (Å²) < 4.78 is 6.77. The van der Waals surface area contributed by atoms with E-state index in [0.29, 0.717) is 5.56 Å². The Morgan fingerprint density at radius 2 is 0.930 bits per heavy atom. The summed E-state index contributed by atoms with van der Waals surface area (Å²) in [4.78, 5) is 0. The first-order valence-electron chi connectivity index (χ1n) is 14.5. The van der Waals surface area contributed by atoms with Crippen molar-refractivity contribution in [1.29, 1.82) is 5.26 Å². The minimum atomic E-state index is 0.691. The second-order valence-corrected chi connectivity index (χ2v) is 11.1. The molecule has 43 heavy (non-hydrogen) atoms. The summed E-state index contributed by atoms with van der Waals surface area (Å²) in [6, 6.07) is 51.3. The SMILES string of the molecule is N#Cc1ccc(-c2ccc(-c3cc4ccccc4c4c3oc3ccc5ccccc5c34)c3ccccc23)c2ccccc12. The Hall–Kier alpha value is -5.91. The zero-order valence-corrected chi connectivity index (χ0v) is 23.1. The summed E-state index contributed by atoms with van der Waals surface area (Å²) >= 11 is 0. The lowest BCUT2D eigenvalue weighted by Gasteiger charge is -2.15. The Morgan fingerprint density at radius 1 is 0.419 bits per heavy atom. The number of benzene rings is 8. The van der Waals surface area contributed by atoms with Crippen LogP contribution in [-0.2, 0) is 0 Å². The first kappa shape index (κ1) is 23.8. The summed E-state index contributed by atoms with van der Waals surface area (Å²) in [5, 5.41) is 21.2. The summed E-state index contributed by atoms with van der Waals surface area (Å²) in [7, 11) is 0. The number of hydrogen-bond donors (Lipinski definition) is 0. The number of rotatable bonds is 2. The standard InChI is InChI=1S/C41H23NO/c42-24-27-17-19-34(31-14-6-5-11-28(27)31)35-20-21-36(33-16-8-7-15-32(33)35)37-23-26-10-2-4-13-30(26)40-39-29-12-3-1-9-25(29)18-22-38(39)43-41(37)40/h1-23H. The third-order valence-corrected chi connectivity index (χ3v) is 8.90. The van der Waals surface area contributed by atoms with Crippen LogP contribution in [0, 0.1) is 11.3 Å². The van der Waals surface area contributed by atoms with Crippen molar-refractivity contribution >= 4 is 65.0 Å². The predicted octanol–water partition coefficient (Wildman–Crippen LogP) is 11.4. The highest BCUT2D eigenvalue weighted by Crippen LogP contribution is 2.46. The minimum Gasteiger partial charge on any atom is -0.455 e. The Balaban J connectivity index is 1.39. The van der Waals surface area contributed by atoms with Crippen LogP contribution in [0.5, 0.6) is 0 Å². The van der Waals surface area contributed by atoms with Crippen LogP contribution in [0.2, 0.25) is 0 Å². The third kappa shape index (κ3) is 3.40. The second-order valence-electron chi connectivity index (χ2n) is 11.1. The zero-order valence-electron chi connectivity index (χ0n) is 23.1. The van der Waals surface area contributed by atoms with Gasteiger partial charge in [-0.1, -0.05) is 121 Å². The molecule has 0 atom stereocenters. The van der Waals surface area contributed by atoms with Crippen molar-refractivity contribution in [3.8, 4) is 28.3 Å². The lowest BCUT2D eigenvalue weighted by Crippen LogP contribution is -1.90. The summed E-state index contributed by atoms with van der Waals surface area (Å²) in [5.74, 6) is 0. The van der Waals surface area contributed by atoms with Crippen LogP contribution in [0.25, 0.3) is 87.3 Å². The number of fused-ring (bicyclic) bond motifs is 9. The smallest absolute Gasteiger partial charge is 0.143 e. The van der Waals surface area contributed by atoms with E-state index < -0.39 is 0 Å². The summed E-state index contributed by atoms with van der Waals surface area (Å²) in [5.41, 5.74) is 6.99. The van der Waals surface area contributed by atoms with Crippen LogP contribution in [0.4, 0.5) is 0 Å². The van der Waals surface area contributed by atoms with Crippen LogP contribution < -0.4 is 0 Å². The topological polar surface area (TPSA) is 36.9 Å². The molecular weight excluding hydrogens is 522 g/mol. The Bertz CT molecular complexity index is 2630. The largest absolute Gasteiger partial charge is 0.455 e. The minimum absolute atomic E-state index is 0.691. The maximum atomic E-state index is 9.75. The highest BCUT2D eigenvalue weighted by atomic mass is 16.3. The maximum Gasteiger partial charge on any atom is 0.143 e. The van der Waals surface area contributed by atoms with Gasteiger partial charge >= 0.3 is 0 Å². The molecule has 2 heteroatoms. The zero-order chi connectivity index (χ0) is 28.5. The molecule has 0 unspecified atom stereocenters. The van der Waals surface area contributed by atoms with Gasteiger partial charge in [-0.15, -0.1) is 0 Å². The van der Waals surface area contributed by atoms with Crippen molar-refractivity contribution in [3.05, 3.63) is 145 Å². The molecule has 1 heterocycles. The number of hydrogen-bond acceptors (Lipinski definition) is 2. The summed E-state index contributed by atoms with van der Waals surface area (Å²) in [6.07, 6.45) is 0. The molecular formula is C41H23NO. The molecule has 0 amide bonds. The van der Waals surface area contributed by atoms with Gasteiger partial charge in [-0.2, -0.15) is 5.26 Å². The molecule has 9 aromatic rings.